The molecule has 0 bridgehead atoms. The lowest BCUT2D eigenvalue weighted by Crippen LogP contribution is -2.48. The maximum Gasteiger partial charge on any atom is 0.336 e. The van der Waals surface area contributed by atoms with Gasteiger partial charge < -0.3 is 10.2 Å². The molecule has 3 atom stereocenters. The first-order valence-corrected chi connectivity index (χ1v) is 4.86. The van der Waals surface area contributed by atoms with Gasteiger partial charge in [-0.05, 0) is 24.7 Å². The van der Waals surface area contributed by atoms with Crippen LogP contribution < -0.4 is 0 Å². The molecule has 0 aromatic heterocycles. The summed E-state index contributed by atoms with van der Waals surface area (Å²) in [7, 11) is 0. The lowest BCUT2D eigenvalue weighted by Gasteiger charge is -2.31. The Hall–Kier alpha value is -0.570. The Balaban J connectivity index is 2.94. The van der Waals surface area contributed by atoms with Crippen molar-refractivity contribution >= 4 is 5.97 Å². The molecule has 0 aliphatic heterocycles. The second-order valence-corrected chi connectivity index (χ2v) is 4.46. The number of aliphatic hydroxyl groups is 1. The third kappa shape index (κ3) is 1.46. The molecule has 0 amide bonds. The highest BCUT2D eigenvalue weighted by atomic mass is 16.4. The summed E-state index contributed by atoms with van der Waals surface area (Å²) in [5.41, 5.74) is -1.49. The lowest BCUT2D eigenvalue weighted by molar-refractivity contribution is -0.169. The Bertz CT molecular complexity index is 212. The fraction of sp³-hybridized carbons (Fsp3) is 0.900. The van der Waals surface area contributed by atoms with Crippen LogP contribution in [-0.4, -0.2) is 21.8 Å². The molecule has 3 heteroatoms. The average molecular weight is 186 g/mol. The smallest absolute Gasteiger partial charge is 0.336 e. The van der Waals surface area contributed by atoms with Gasteiger partial charge in [0.05, 0.1) is 0 Å². The molecule has 0 saturated heterocycles. The maximum absolute atomic E-state index is 11.0. The number of rotatable bonds is 2. The number of carbonyl (C=O) groups is 1. The van der Waals surface area contributed by atoms with Crippen LogP contribution in [0.2, 0.25) is 0 Å². The highest BCUT2D eigenvalue weighted by molar-refractivity contribution is 5.78. The van der Waals surface area contributed by atoms with Crippen LogP contribution in [0.25, 0.3) is 0 Å². The lowest BCUT2D eigenvalue weighted by atomic mass is 9.79. The molecule has 2 N–H and O–H groups in total. The van der Waals surface area contributed by atoms with E-state index >= 15 is 0 Å². The second kappa shape index (κ2) is 3.29. The van der Waals surface area contributed by atoms with Gasteiger partial charge in [0.2, 0.25) is 0 Å². The number of hydrogen-bond acceptors (Lipinski definition) is 2. The van der Waals surface area contributed by atoms with Crippen LogP contribution in [0.3, 0.4) is 0 Å². The second-order valence-electron chi connectivity index (χ2n) is 4.46. The first-order valence-electron chi connectivity index (χ1n) is 4.86. The van der Waals surface area contributed by atoms with E-state index in [1.165, 1.54) is 0 Å². The summed E-state index contributed by atoms with van der Waals surface area (Å²) in [5.74, 6) is -1.06. The molecule has 13 heavy (non-hydrogen) atoms. The highest BCUT2D eigenvalue weighted by Gasteiger charge is 2.53. The standard InChI is InChI=1S/C10H18O3/c1-6(2)8-5-4-7(3)10(8,13)9(11)12/h6-8,13H,4-5H2,1-3H3,(H,11,12). The first kappa shape index (κ1) is 10.5. The third-order valence-corrected chi connectivity index (χ3v) is 3.37. The zero-order valence-electron chi connectivity index (χ0n) is 8.45. The topological polar surface area (TPSA) is 57.5 Å². The molecule has 0 aromatic rings. The van der Waals surface area contributed by atoms with Gasteiger partial charge in [-0.25, -0.2) is 4.79 Å². The Morgan fingerprint density at radius 3 is 2.31 bits per heavy atom. The normalized spacial score (nSPS) is 39.8. The molecule has 0 heterocycles. The van der Waals surface area contributed by atoms with Crippen molar-refractivity contribution in [2.24, 2.45) is 17.8 Å². The Morgan fingerprint density at radius 2 is 2.00 bits per heavy atom. The monoisotopic (exact) mass is 186 g/mol. The minimum absolute atomic E-state index is 0.0972. The fourth-order valence-corrected chi connectivity index (χ4v) is 2.45. The van der Waals surface area contributed by atoms with Crippen molar-refractivity contribution in [3.8, 4) is 0 Å². The van der Waals surface area contributed by atoms with E-state index < -0.39 is 11.6 Å². The van der Waals surface area contributed by atoms with Crippen molar-refractivity contribution in [2.75, 3.05) is 0 Å². The SMILES string of the molecule is CC(C)C1CCC(C)C1(O)C(=O)O. The average Bonchev–Trinajstić information content (AvgIpc) is 2.30. The molecule has 1 saturated carbocycles. The summed E-state index contributed by atoms with van der Waals surface area (Å²) in [4.78, 5) is 11.0. The number of carboxylic acids is 1. The van der Waals surface area contributed by atoms with Gasteiger partial charge in [0, 0.05) is 5.92 Å². The van der Waals surface area contributed by atoms with Gasteiger partial charge >= 0.3 is 5.97 Å². The summed E-state index contributed by atoms with van der Waals surface area (Å²) in [5, 5.41) is 19.1. The van der Waals surface area contributed by atoms with Gasteiger partial charge in [-0.15, -0.1) is 0 Å². The Morgan fingerprint density at radius 1 is 1.46 bits per heavy atom. The van der Waals surface area contributed by atoms with Crippen LogP contribution in [0.1, 0.15) is 33.6 Å². The summed E-state index contributed by atoms with van der Waals surface area (Å²) in [6.07, 6.45) is 1.63. The van der Waals surface area contributed by atoms with Gasteiger partial charge in [0.25, 0.3) is 0 Å². The maximum atomic E-state index is 11.0. The Labute approximate surface area is 78.8 Å². The summed E-state index contributed by atoms with van der Waals surface area (Å²) in [6.45, 7) is 5.75. The largest absolute Gasteiger partial charge is 0.479 e. The highest BCUT2D eigenvalue weighted by Crippen LogP contribution is 2.44. The van der Waals surface area contributed by atoms with Crippen molar-refractivity contribution in [2.45, 2.75) is 39.2 Å². The zero-order chi connectivity index (χ0) is 10.2. The van der Waals surface area contributed by atoms with Crippen LogP contribution in [0, 0.1) is 17.8 Å². The first-order chi connectivity index (χ1) is 5.90. The molecule has 0 radical (unpaired) electrons. The zero-order valence-corrected chi connectivity index (χ0v) is 8.45. The van der Waals surface area contributed by atoms with E-state index in [0.29, 0.717) is 0 Å². The fourth-order valence-electron chi connectivity index (χ4n) is 2.45. The van der Waals surface area contributed by atoms with Crippen LogP contribution in [0.5, 0.6) is 0 Å². The van der Waals surface area contributed by atoms with Crippen LogP contribution >= 0.6 is 0 Å². The van der Waals surface area contributed by atoms with E-state index in [-0.39, 0.29) is 17.8 Å². The quantitative estimate of drug-likeness (QED) is 0.687. The van der Waals surface area contributed by atoms with Gasteiger partial charge in [-0.3, -0.25) is 0 Å². The van der Waals surface area contributed by atoms with Gasteiger partial charge in [-0.1, -0.05) is 20.8 Å². The van der Waals surface area contributed by atoms with Crippen molar-refractivity contribution in [3.63, 3.8) is 0 Å². The molecule has 0 spiro atoms. The number of carboxylic acid groups (broad SMARTS) is 1. The Kier molecular flexibility index (Phi) is 2.66. The van der Waals surface area contributed by atoms with E-state index in [0.717, 1.165) is 12.8 Å². The van der Waals surface area contributed by atoms with Gasteiger partial charge in [-0.2, -0.15) is 0 Å². The molecule has 1 aliphatic carbocycles. The molecule has 1 fully saturated rings. The van der Waals surface area contributed by atoms with Gasteiger partial charge in [0.1, 0.15) is 0 Å². The molecular formula is C10H18O3. The molecule has 1 rings (SSSR count). The van der Waals surface area contributed by atoms with E-state index in [9.17, 15) is 9.90 Å². The van der Waals surface area contributed by atoms with E-state index in [4.69, 9.17) is 5.11 Å². The van der Waals surface area contributed by atoms with Crippen molar-refractivity contribution in [1.82, 2.24) is 0 Å². The summed E-state index contributed by atoms with van der Waals surface area (Å²) in [6, 6.07) is 0. The van der Waals surface area contributed by atoms with Crippen molar-refractivity contribution < 1.29 is 15.0 Å². The predicted molar refractivity (Wildman–Crippen MR) is 49.3 cm³/mol. The third-order valence-electron chi connectivity index (χ3n) is 3.37. The molecule has 76 valence electrons. The van der Waals surface area contributed by atoms with Crippen LogP contribution in [0.4, 0.5) is 0 Å². The minimum Gasteiger partial charge on any atom is -0.479 e. The van der Waals surface area contributed by atoms with Crippen LogP contribution in [-0.2, 0) is 4.79 Å². The molecule has 1 aliphatic rings. The van der Waals surface area contributed by atoms with Crippen molar-refractivity contribution in [3.05, 3.63) is 0 Å². The molecule has 3 nitrogen and oxygen atoms in total. The van der Waals surface area contributed by atoms with Crippen molar-refractivity contribution in [1.29, 1.82) is 0 Å². The van der Waals surface area contributed by atoms with E-state index in [1.54, 1.807) is 0 Å². The van der Waals surface area contributed by atoms with Crippen LogP contribution in [0.15, 0.2) is 0 Å². The van der Waals surface area contributed by atoms with E-state index in [2.05, 4.69) is 0 Å². The number of aliphatic carboxylic acids is 1. The molecule has 0 aromatic carbocycles. The predicted octanol–water partition coefficient (Wildman–Crippen LogP) is 1.50. The number of hydrogen-bond donors (Lipinski definition) is 2. The molecule has 3 unspecified atom stereocenters. The summed E-state index contributed by atoms with van der Waals surface area (Å²) < 4.78 is 0. The van der Waals surface area contributed by atoms with E-state index in [1.807, 2.05) is 20.8 Å². The summed E-state index contributed by atoms with van der Waals surface area (Å²) >= 11 is 0. The van der Waals surface area contributed by atoms with Gasteiger partial charge in [0.15, 0.2) is 5.60 Å². The minimum atomic E-state index is -1.49. The molecular weight excluding hydrogens is 168 g/mol.